The minimum absolute atomic E-state index is 0.0823. The molecule has 1 aliphatic rings. The number of nitrogens with zero attached hydrogens (tertiary/aromatic N) is 1. The highest BCUT2D eigenvalue weighted by Gasteiger charge is 2.39. The number of hydrogen-bond donors (Lipinski definition) is 2. The fourth-order valence-electron chi connectivity index (χ4n) is 2.28. The topological polar surface area (TPSA) is 70.9 Å². The molecule has 5 atom stereocenters. The smallest absolute Gasteiger partial charge is 0.252 e. The van der Waals surface area contributed by atoms with Gasteiger partial charge in [0.2, 0.25) is 5.62 Å². The monoisotopic (exact) mass is 255 g/mol. The first-order valence-corrected chi connectivity index (χ1v) is 6.48. The molecule has 0 amide bonds. The number of nitrogens with one attached hydrogen (secondary N) is 2. The van der Waals surface area contributed by atoms with Crippen LogP contribution in [0.3, 0.4) is 0 Å². The van der Waals surface area contributed by atoms with Gasteiger partial charge in [-0.3, -0.25) is 19.8 Å². The first-order valence-electron chi connectivity index (χ1n) is 5.81. The minimum Gasteiger partial charge on any atom is -0.354 e. The van der Waals surface area contributed by atoms with E-state index in [1.165, 1.54) is 6.07 Å². The average molecular weight is 255 g/mol. The third kappa shape index (κ3) is 2.22. The first kappa shape index (κ1) is 12.5. The molecule has 1 aromatic heterocycles. The number of ether oxygens (including phenoxy) is 1. The second kappa shape index (κ2) is 4.75. The van der Waals surface area contributed by atoms with Crippen LogP contribution in [-0.4, -0.2) is 21.3 Å². The van der Waals surface area contributed by atoms with Gasteiger partial charge in [-0.1, -0.05) is 13.8 Å². The molecule has 0 spiro atoms. The van der Waals surface area contributed by atoms with E-state index >= 15 is 0 Å². The van der Waals surface area contributed by atoms with E-state index in [0.29, 0.717) is 5.92 Å². The van der Waals surface area contributed by atoms with Gasteiger partial charge in [0.05, 0.1) is 6.10 Å². The van der Waals surface area contributed by atoms with Crippen LogP contribution in [0.1, 0.15) is 26.5 Å². The predicted molar refractivity (Wildman–Crippen MR) is 67.8 cm³/mol. The van der Waals surface area contributed by atoms with Crippen molar-refractivity contribution >= 4 is 9.24 Å². The summed E-state index contributed by atoms with van der Waals surface area (Å²) in [6, 6.07) is 1.42. The molecule has 1 aliphatic heterocycles. The van der Waals surface area contributed by atoms with Gasteiger partial charge in [0.1, 0.15) is 6.23 Å². The second-order valence-corrected chi connectivity index (χ2v) is 5.24. The van der Waals surface area contributed by atoms with Crippen molar-refractivity contribution in [3.8, 4) is 0 Å². The van der Waals surface area contributed by atoms with Crippen molar-refractivity contribution in [2.24, 2.45) is 5.92 Å². The van der Waals surface area contributed by atoms with Gasteiger partial charge in [-0.2, -0.15) is 0 Å². The minimum atomic E-state index is -0.260. The van der Waals surface area contributed by atoms with Gasteiger partial charge in [-0.25, -0.2) is 0 Å². The van der Waals surface area contributed by atoms with Crippen molar-refractivity contribution in [3.05, 3.63) is 28.2 Å². The summed E-state index contributed by atoms with van der Waals surface area (Å²) in [7, 11) is 2.79. The summed E-state index contributed by atoms with van der Waals surface area (Å²) in [6.45, 7) is 4.25. The molecule has 1 aromatic rings. The normalized spacial score (nSPS) is 32.9. The van der Waals surface area contributed by atoms with E-state index in [0.717, 1.165) is 6.42 Å². The van der Waals surface area contributed by atoms with Crippen molar-refractivity contribution in [3.63, 3.8) is 0 Å². The Labute approximate surface area is 102 Å². The highest BCUT2D eigenvalue weighted by Crippen LogP contribution is 2.39. The van der Waals surface area contributed by atoms with Crippen LogP contribution in [-0.2, 0) is 4.74 Å². The summed E-state index contributed by atoms with van der Waals surface area (Å²) in [5.74, 6) is 0.425. The van der Waals surface area contributed by atoms with Crippen LogP contribution in [0.5, 0.6) is 0 Å². The molecule has 1 fully saturated rings. The van der Waals surface area contributed by atoms with Crippen LogP contribution < -0.4 is 11.2 Å². The largest absolute Gasteiger partial charge is 0.354 e. The van der Waals surface area contributed by atoms with Crippen molar-refractivity contribution in [2.45, 2.75) is 38.3 Å². The maximum atomic E-state index is 11.1. The molecular weight excluding hydrogens is 237 g/mol. The molecule has 0 radical (unpaired) electrons. The number of aromatic amines is 1. The Kier molecular flexibility index (Phi) is 3.50. The van der Waals surface area contributed by atoms with Gasteiger partial charge < -0.3 is 4.74 Å². The number of H-pyrrole nitrogens is 1. The Morgan fingerprint density at radius 1 is 1.65 bits per heavy atom. The van der Waals surface area contributed by atoms with Gasteiger partial charge in [0.15, 0.2) is 0 Å². The van der Waals surface area contributed by atoms with Gasteiger partial charge >= 0.3 is 0 Å². The van der Waals surface area contributed by atoms with Crippen LogP contribution in [0.15, 0.2) is 17.1 Å². The van der Waals surface area contributed by atoms with Crippen molar-refractivity contribution in [1.29, 1.82) is 5.41 Å². The Morgan fingerprint density at radius 2 is 2.35 bits per heavy atom. The SMILES string of the molecule is CCC1OC(n2ccc(=O)[nH]c2=N)C(P)C1C. The lowest BCUT2D eigenvalue weighted by Crippen LogP contribution is -2.34. The summed E-state index contributed by atoms with van der Waals surface area (Å²) in [6.07, 6.45) is 2.60. The fraction of sp³-hybridized carbons (Fsp3) is 0.636. The zero-order valence-electron chi connectivity index (χ0n) is 10.0. The second-order valence-electron chi connectivity index (χ2n) is 4.47. The highest BCUT2D eigenvalue weighted by atomic mass is 31.0. The molecule has 5 unspecified atom stereocenters. The molecule has 2 N–H and O–H groups in total. The molecule has 5 nitrogen and oxygen atoms in total. The van der Waals surface area contributed by atoms with Crippen molar-refractivity contribution < 1.29 is 4.74 Å². The lowest BCUT2D eigenvalue weighted by atomic mass is 10.0. The molecule has 0 aliphatic carbocycles. The van der Waals surface area contributed by atoms with E-state index in [-0.39, 0.29) is 29.2 Å². The summed E-state index contributed by atoms with van der Waals surface area (Å²) in [5, 5.41) is 7.77. The van der Waals surface area contributed by atoms with Crippen LogP contribution in [0.4, 0.5) is 0 Å². The summed E-state index contributed by atoms with van der Waals surface area (Å²) >= 11 is 0. The van der Waals surface area contributed by atoms with Crippen LogP contribution in [0.2, 0.25) is 0 Å². The van der Waals surface area contributed by atoms with Crippen LogP contribution >= 0.6 is 9.24 Å². The van der Waals surface area contributed by atoms with E-state index in [9.17, 15) is 4.79 Å². The van der Waals surface area contributed by atoms with E-state index in [1.807, 2.05) is 0 Å². The maximum absolute atomic E-state index is 11.1. The molecule has 1 saturated heterocycles. The molecule has 6 heteroatoms. The Balaban J connectivity index is 2.35. The quantitative estimate of drug-likeness (QED) is 0.769. The maximum Gasteiger partial charge on any atom is 0.252 e. The average Bonchev–Trinajstić information content (AvgIpc) is 2.57. The number of hydrogen-bond acceptors (Lipinski definition) is 3. The Bertz CT molecular complexity index is 510. The third-order valence-electron chi connectivity index (χ3n) is 3.40. The zero-order valence-corrected chi connectivity index (χ0v) is 11.2. The molecule has 2 heterocycles. The lowest BCUT2D eigenvalue weighted by Gasteiger charge is -2.19. The molecule has 17 heavy (non-hydrogen) atoms. The highest BCUT2D eigenvalue weighted by molar-refractivity contribution is 7.17. The van der Waals surface area contributed by atoms with Gasteiger partial charge in [-0.05, 0) is 12.3 Å². The molecule has 0 saturated carbocycles. The van der Waals surface area contributed by atoms with Crippen LogP contribution in [0, 0.1) is 11.3 Å². The molecule has 0 aromatic carbocycles. The molecule has 94 valence electrons. The van der Waals surface area contributed by atoms with E-state index in [4.69, 9.17) is 10.1 Å². The Morgan fingerprint density at radius 3 is 2.88 bits per heavy atom. The molecular formula is C11H18N3O2P. The summed E-state index contributed by atoms with van der Waals surface area (Å²) < 4.78 is 7.61. The van der Waals surface area contributed by atoms with E-state index in [1.54, 1.807) is 10.8 Å². The third-order valence-corrected chi connectivity index (χ3v) is 4.34. The predicted octanol–water partition coefficient (Wildman–Crippen LogP) is 0.843. The first-order chi connectivity index (χ1) is 8.04. The molecule has 0 bridgehead atoms. The zero-order chi connectivity index (χ0) is 12.6. The van der Waals surface area contributed by atoms with E-state index < -0.39 is 0 Å². The Hall–Kier alpha value is -0.930. The fourth-order valence-corrected chi connectivity index (χ4v) is 2.80. The van der Waals surface area contributed by atoms with Gasteiger partial charge in [-0.15, -0.1) is 9.24 Å². The van der Waals surface area contributed by atoms with Gasteiger partial charge in [0.25, 0.3) is 5.56 Å². The standard InChI is InChI=1S/C11H18N3O2P/c1-3-7-6(2)9(17)10(16-7)14-5-4-8(15)13-11(14)12/h4-7,9-10H,3,17H2,1-2H3,(H2,12,13,15). The van der Waals surface area contributed by atoms with E-state index in [2.05, 4.69) is 28.1 Å². The lowest BCUT2D eigenvalue weighted by molar-refractivity contribution is -0.00725. The molecule has 2 rings (SSSR count). The number of aromatic nitrogens is 2. The van der Waals surface area contributed by atoms with Crippen LogP contribution in [0.25, 0.3) is 0 Å². The van der Waals surface area contributed by atoms with Crippen molar-refractivity contribution in [2.75, 3.05) is 0 Å². The van der Waals surface area contributed by atoms with Gasteiger partial charge in [0, 0.05) is 17.9 Å². The number of rotatable bonds is 2. The summed E-state index contributed by atoms with van der Waals surface area (Å²) in [4.78, 5) is 13.6. The summed E-state index contributed by atoms with van der Waals surface area (Å²) in [5.41, 5.74) is 0.0727. The van der Waals surface area contributed by atoms with Crippen molar-refractivity contribution in [1.82, 2.24) is 9.55 Å².